The maximum Gasteiger partial charge on any atom is 0.170 e. The number of hydrogen-bond donors (Lipinski definition) is 3. The Hall–Kier alpha value is -2.37. The van der Waals surface area contributed by atoms with Gasteiger partial charge in [-0.05, 0) is 35.7 Å². The van der Waals surface area contributed by atoms with Gasteiger partial charge >= 0.3 is 0 Å². The molecule has 1 heterocycles. The summed E-state index contributed by atoms with van der Waals surface area (Å²) in [6, 6.07) is 15.6. The minimum absolute atomic E-state index is 0.0326. The number of amidine groups is 1. The topological polar surface area (TPSA) is 82.1 Å². The predicted molar refractivity (Wildman–Crippen MR) is 108 cm³/mol. The zero-order chi connectivity index (χ0) is 19.8. The van der Waals surface area contributed by atoms with E-state index in [-0.39, 0.29) is 11.3 Å². The van der Waals surface area contributed by atoms with Crippen LogP contribution in [0.1, 0.15) is 48.9 Å². The van der Waals surface area contributed by atoms with Gasteiger partial charge in [-0.3, -0.25) is 0 Å². The van der Waals surface area contributed by atoms with Gasteiger partial charge in [-0.15, -0.1) is 0 Å². The maximum absolute atomic E-state index is 12.1. The van der Waals surface area contributed by atoms with Gasteiger partial charge in [-0.2, -0.15) is 0 Å². The van der Waals surface area contributed by atoms with E-state index in [1.165, 1.54) is 5.56 Å². The highest BCUT2D eigenvalue weighted by molar-refractivity contribution is 5.97. The van der Waals surface area contributed by atoms with Gasteiger partial charge in [0.05, 0.1) is 0 Å². The Morgan fingerprint density at radius 1 is 1.15 bits per heavy atom. The smallest absolute Gasteiger partial charge is 0.170 e. The lowest BCUT2D eigenvalue weighted by atomic mass is 9.62. The van der Waals surface area contributed by atoms with E-state index >= 15 is 0 Å². The lowest BCUT2D eigenvalue weighted by molar-refractivity contribution is -0.127. The lowest BCUT2D eigenvalue weighted by Gasteiger charge is -2.56. The average molecular weight is 367 g/mol. The van der Waals surface area contributed by atoms with Crippen molar-refractivity contribution in [3.8, 4) is 0 Å². The Balaban J connectivity index is 2.15. The Kier molecular flexibility index (Phi) is 5.02. The molecule has 0 amide bonds. The van der Waals surface area contributed by atoms with Crippen molar-refractivity contribution >= 4 is 5.84 Å². The minimum atomic E-state index is -1.18. The van der Waals surface area contributed by atoms with Crippen molar-refractivity contribution in [3.05, 3.63) is 70.8 Å². The fourth-order valence-corrected chi connectivity index (χ4v) is 4.31. The molecule has 1 fully saturated rings. The van der Waals surface area contributed by atoms with Crippen LogP contribution in [-0.2, 0) is 5.60 Å². The zero-order valence-corrected chi connectivity index (χ0v) is 16.5. The van der Waals surface area contributed by atoms with E-state index in [9.17, 15) is 5.11 Å². The lowest BCUT2D eigenvalue weighted by Crippen LogP contribution is -2.63. The van der Waals surface area contributed by atoms with E-state index in [2.05, 4.69) is 50.0 Å². The first-order valence-corrected chi connectivity index (χ1v) is 9.31. The average Bonchev–Trinajstić information content (AvgIpc) is 2.65. The van der Waals surface area contributed by atoms with Gasteiger partial charge in [0.1, 0.15) is 5.60 Å². The predicted octanol–water partition coefficient (Wildman–Crippen LogP) is 3.09. The first-order valence-electron chi connectivity index (χ1n) is 9.31. The van der Waals surface area contributed by atoms with Crippen LogP contribution < -0.4 is 5.73 Å². The quantitative estimate of drug-likeness (QED) is 0.328. The van der Waals surface area contributed by atoms with Crippen LogP contribution >= 0.6 is 0 Å². The molecule has 5 heteroatoms. The van der Waals surface area contributed by atoms with E-state index in [4.69, 9.17) is 10.9 Å². The molecule has 5 nitrogen and oxygen atoms in total. The third-order valence-electron chi connectivity index (χ3n) is 5.79. The number of rotatable bonds is 5. The fourth-order valence-electron chi connectivity index (χ4n) is 4.31. The van der Waals surface area contributed by atoms with Crippen molar-refractivity contribution in [1.82, 2.24) is 4.90 Å². The Morgan fingerprint density at radius 2 is 1.78 bits per heavy atom. The summed E-state index contributed by atoms with van der Waals surface area (Å²) < 4.78 is 0. The molecule has 1 atom stereocenters. The van der Waals surface area contributed by atoms with Gasteiger partial charge in [0.15, 0.2) is 5.84 Å². The number of likely N-dealkylation sites (tertiary alicyclic amines) is 1. The molecular formula is C22H29N3O2. The molecule has 1 aliphatic heterocycles. The molecule has 0 bridgehead atoms. The standard InChI is InChI=1S/C22H29N3O2/c1-15(2)16-8-10-18(11-9-16)22(26,21(3)13-25(4)14-21)19-7-5-6-17(12-19)20(23)24-27/h5-12,15,26-27H,13-14H2,1-4H3,(H2,23,24)/t22-/m0/s1. The fraction of sp³-hybridized carbons (Fsp3) is 0.409. The normalized spacial score (nSPS) is 19.6. The maximum atomic E-state index is 12.1. The molecule has 0 unspecified atom stereocenters. The molecule has 27 heavy (non-hydrogen) atoms. The highest BCUT2D eigenvalue weighted by atomic mass is 16.4. The van der Waals surface area contributed by atoms with Gasteiger partial charge in [-0.25, -0.2) is 0 Å². The second-order valence-electron chi connectivity index (χ2n) is 8.29. The first kappa shape index (κ1) is 19.4. The molecule has 144 valence electrons. The van der Waals surface area contributed by atoms with Crippen molar-refractivity contribution in [3.63, 3.8) is 0 Å². The third-order valence-corrected chi connectivity index (χ3v) is 5.79. The van der Waals surface area contributed by atoms with E-state index in [1.807, 2.05) is 30.3 Å². The summed E-state index contributed by atoms with van der Waals surface area (Å²) in [5.74, 6) is 0.465. The Labute approximate surface area is 161 Å². The van der Waals surface area contributed by atoms with Gasteiger partial charge in [-0.1, -0.05) is 68.4 Å². The highest BCUT2D eigenvalue weighted by Gasteiger charge is 2.55. The van der Waals surface area contributed by atoms with Crippen LogP contribution in [0.5, 0.6) is 0 Å². The van der Waals surface area contributed by atoms with Crippen LogP contribution in [0.25, 0.3) is 0 Å². The van der Waals surface area contributed by atoms with Crippen molar-refractivity contribution in [1.29, 1.82) is 0 Å². The van der Waals surface area contributed by atoms with Gasteiger partial charge < -0.3 is 20.9 Å². The summed E-state index contributed by atoms with van der Waals surface area (Å²) in [4.78, 5) is 2.20. The number of aliphatic hydroxyl groups is 1. The largest absolute Gasteiger partial charge is 0.409 e. The molecule has 2 aromatic rings. The molecule has 0 aliphatic carbocycles. The van der Waals surface area contributed by atoms with Crippen molar-refractivity contribution in [2.24, 2.45) is 16.3 Å². The summed E-state index contributed by atoms with van der Waals surface area (Å²) in [5, 5.41) is 24.2. The summed E-state index contributed by atoms with van der Waals surface area (Å²) in [5.41, 5.74) is 7.70. The van der Waals surface area contributed by atoms with Crippen LogP contribution in [0.3, 0.4) is 0 Å². The highest BCUT2D eigenvalue weighted by Crippen LogP contribution is 2.50. The third kappa shape index (κ3) is 3.22. The van der Waals surface area contributed by atoms with Crippen LogP contribution in [-0.4, -0.2) is 41.2 Å². The summed E-state index contributed by atoms with van der Waals surface area (Å²) in [7, 11) is 2.05. The number of benzene rings is 2. The second-order valence-corrected chi connectivity index (χ2v) is 8.29. The zero-order valence-electron chi connectivity index (χ0n) is 16.5. The van der Waals surface area contributed by atoms with Crippen LogP contribution in [0.4, 0.5) is 0 Å². The van der Waals surface area contributed by atoms with E-state index < -0.39 is 5.60 Å². The minimum Gasteiger partial charge on any atom is -0.409 e. The van der Waals surface area contributed by atoms with E-state index in [1.54, 1.807) is 6.07 Å². The molecule has 0 aromatic heterocycles. The molecule has 1 saturated heterocycles. The molecule has 3 rings (SSSR count). The molecule has 4 N–H and O–H groups in total. The second kappa shape index (κ2) is 6.98. The molecule has 0 spiro atoms. The van der Waals surface area contributed by atoms with Crippen molar-refractivity contribution < 1.29 is 10.3 Å². The Morgan fingerprint density at radius 3 is 2.30 bits per heavy atom. The molecule has 0 saturated carbocycles. The number of nitrogens with two attached hydrogens (primary N) is 1. The number of hydrogen-bond acceptors (Lipinski definition) is 4. The van der Waals surface area contributed by atoms with Crippen molar-refractivity contribution in [2.75, 3.05) is 20.1 Å². The molecule has 0 radical (unpaired) electrons. The summed E-state index contributed by atoms with van der Waals surface area (Å²) in [6.45, 7) is 7.99. The van der Waals surface area contributed by atoms with Crippen LogP contribution in [0.15, 0.2) is 53.7 Å². The van der Waals surface area contributed by atoms with Gasteiger partial charge in [0, 0.05) is 24.1 Å². The molecule has 2 aromatic carbocycles. The molecular weight excluding hydrogens is 338 g/mol. The molecule has 1 aliphatic rings. The number of oxime groups is 1. The van der Waals surface area contributed by atoms with Crippen molar-refractivity contribution in [2.45, 2.75) is 32.3 Å². The SMILES string of the molecule is CC(C)c1ccc([C@](O)(c2cccc(/C(N)=N/O)c2)C2(C)CN(C)C2)cc1. The first-order chi connectivity index (χ1) is 12.7. The van der Waals surface area contributed by atoms with E-state index in [0.29, 0.717) is 11.5 Å². The Bertz CT molecular complexity index is 839. The summed E-state index contributed by atoms with van der Waals surface area (Å²) in [6.07, 6.45) is 0. The monoisotopic (exact) mass is 367 g/mol. The van der Waals surface area contributed by atoms with Crippen LogP contribution in [0, 0.1) is 5.41 Å². The number of nitrogens with zero attached hydrogens (tertiary/aromatic N) is 2. The van der Waals surface area contributed by atoms with Gasteiger partial charge in [0.2, 0.25) is 0 Å². The summed E-state index contributed by atoms with van der Waals surface area (Å²) >= 11 is 0. The van der Waals surface area contributed by atoms with Gasteiger partial charge in [0.25, 0.3) is 0 Å². The van der Waals surface area contributed by atoms with E-state index in [0.717, 1.165) is 24.2 Å². The van der Waals surface area contributed by atoms with Crippen LogP contribution in [0.2, 0.25) is 0 Å².